The largest absolute Gasteiger partial charge is 0.357 e. The first-order valence-corrected chi connectivity index (χ1v) is 13.9. The van der Waals surface area contributed by atoms with Crippen LogP contribution in [0.15, 0.2) is 40.0 Å². The van der Waals surface area contributed by atoms with Gasteiger partial charge in [-0.2, -0.15) is 5.26 Å². The van der Waals surface area contributed by atoms with Crippen LogP contribution in [0, 0.1) is 18.3 Å². The summed E-state index contributed by atoms with van der Waals surface area (Å²) in [4.78, 5) is 31.3. The Labute approximate surface area is 222 Å². The lowest BCUT2D eigenvalue weighted by Crippen LogP contribution is -2.35. The fraction of sp³-hybridized carbons (Fsp3) is 0.429. The Bertz CT molecular complexity index is 1270. The molecule has 6 nitrogen and oxygen atoms in total. The number of unbranched alkanes of at least 4 members (excludes halogenated alkanes) is 1. The van der Waals surface area contributed by atoms with Crippen LogP contribution in [-0.4, -0.2) is 32.8 Å². The topological polar surface area (TPSA) is 69.3 Å². The maximum Gasteiger partial charge on any atom is 0.270 e. The second kappa shape index (κ2) is 11.9. The van der Waals surface area contributed by atoms with E-state index in [1.807, 2.05) is 43.3 Å². The number of carbonyl (C=O) groups is 1. The molecule has 4 rings (SSSR count). The molecule has 1 amide bonds. The summed E-state index contributed by atoms with van der Waals surface area (Å²) in [6.45, 7) is 6.59. The predicted octanol–water partition coefficient (Wildman–Crippen LogP) is 5.61. The zero-order valence-electron chi connectivity index (χ0n) is 21.0. The maximum atomic E-state index is 13.5. The van der Waals surface area contributed by atoms with Crippen molar-refractivity contribution in [2.24, 2.45) is 0 Å². The van der Waals surface area contributed by atoms with Gasteiger partial charge in [0.2, 0.25) is 0 Å². The molecule has 0 saturated carbocycles. The molecular weight excluding hydrogens is 488 g/mol. The van der Waals surface area contributed by atoms with Gasteiger partial charge in [-0.15, -0.1) is 0 Å². The van der Waals surface area contributed by atoms with Crippen molar-refractivity contribution in [3.63, 3.8) is 0 Å². The standard InChI is InChI=1S/C28H32N4O2S2/c1-3-4-16-31-25(30-14-10-5-6-11-15-30)22(20(2)23(18-29)26(31)33)17-24-27(34)32(28(35)36-24)19-21-12-8-7-9-13-21/h7-9,12-13,17H,3-6,10-11,14-16,19H2,1-2H3/b24-17-. The summed E-state index contributed by atoms with van der Waals surface area (Å²) in [5.41, 5.74) is 2.33. The molecule has 0 N–H and O–H groups in total. The molecule has 2 fully saturated rings. The fourth-order valence-corrected chi connectivity index (χ4v) is 6.06. The van der Waals surface area contributed by atoms with Crippen molar-refractivity contribution in [3.8, 4) is 6.07 Å². The second-order valence-corrected chi connectivity index (χ2v) is 11.0. The Morgan fingerprint density at radius 1 is 1.11 bits per heavy atom. The average molecular weight is 521 g/mol. The number of rotatable bonds is 7. The summed E-state index contributed by atoms with van der Waals surface area (Å²) in [7, 11) is 0. The summed E-state index contributed by atoms with van der Waals surface area (Å²) in [5.74, 6) is 0.695. The molecule has 1 aromatic heterocycles. The van der Waals surface area contributed by atoms with E-state index < -0.39 is 0 Å². The van der Waals surface area contributed by atoms with Gasteiger partial charge in [-0.05, 0) is 43.4 Å². The van der Waals surface area contributed by atoms with Crippen molar-refractivity contribution < 1.29 is 4.79 Å². The number of hydrogen-bond donors (Lipinski definition) is 0. The molecule has 188 valence electrons. The van der Waals surface area contributed by atoms with Gasteiger partial charge >= 0.3 is 0 Å². The third-order valence-corrected chi connectivity index (χ3v) is 8.20. The number of benzene rings is 1. The van der Waals surface area contributed by atoms with Gasteiger partial charge in [0.15, 0.2) is 0 Å². The molecule has 2 aromatic rings. The number of anilines is 1. The summed E-state index contributed by atoms with van der Waals surface area (Å²) in [6.07, 6.45) is 8.08. The van der Waals surface area contributed by atoms with E-state index in [0.717, 1.165) is 55.7 Å². The molecule has 2 aliphatic heterocycles. The SMILES string of the molecule is CCCCn1c(N2CCCCCC2)c(/C=C2\SC(=S)N(Cc3ccccc3)C2=O)c(C)c(C#N)c1=O. The Morgan fingerprint density at radius 3 is 2.44 bits per heavy atom. The van der Waals surface area contributed by atoms with E-state index in [4.69, 9.17) is 12.2 Å². The van der Waals surface area contributed by atoms with Crippen LogP contribution >= 0.6 is 24.0 Å². The van der Waals surface area contributed by atoms with E-state index in [-0.39, 0.29) is 17.0 Å². The molecule has 0 radical (unpaired) electrons. The number of nitrogens with zero attached hydrogens (tertiary/aromatic N) is 4. The molecular formula is C28H32N4O2S2. The third kappa shape index (κ3) is 5.42. The Hall–Kier alpha value is -2.89. The number of thiocarbonyl (C=S) groups is 1. The van der Waals surface area contributed by atoms with Gasteiger partial charge in [0.05, 0.1) is 11.4 Å². The molecule has 36 heavy (non-hydrogen) atoms. The molecule has 8 heteroatoms. The number of hydrogen-bond acceptors (Lipinski definition) is 6. The molecule has 0 bridgehead atoms. The first-order chi connectivity index (χ1) is 17.5. The van der Waals surface area contributed by atoms with Gasteiger partial charge in [0.1, 0.15) is 21.8 Å². The highest BCUT2D eigenvalue weighted by Gasteiger charge is 2.33. The normalized spacial score (nSPS) is 17.5. The van der Waals surface area contributed by atoms with Gasteiger partial charge in [0.25, 0.3) is 11.5 Å². The van der Waals surface area contributed by atoms with Crippen molar-refractivity contribution in [3.05, 3.63) is 67.8 Å². The smallest absolute Gasteiger partial charge is 0.270 e. The maximum absolute atomic E-state index is 13.5. The average Bonchev–Trinajstić information content (AvgIpc) is 3.05. The van der Waals surface area contributed by atoms with E-state index in [0.29, 0.717) is 27.9 Å². The number of amides is 1. The number of nitriles is 1. The molecule has 0 spiro atoms. The highest BCUT2D eigenvalue weighted by molar-refractivity contribution is 8.26. The van der Waals surface area contributed by atoms with Crippen LogP contribution in [0.4, 0.5) is 5.82 Å². The molecule has 2 saturated heterocycles. The van der Waals surface area contributed by atoms with Gasteiger partial charge < -0.3 is 4.90 Å². The van der Waals surface area contributed by atoms with Gasteiger partial charge in [-0.25, -0.2) is 0 Å². The minimum atomic E-state index is -0.239. The van der Waals surface area contributed by atoms with Crippen LogP contribution in [0.3, 0.4) is 0 Å². The molecule has 1 aromatic carbocycles. The van der Waals surface area contributed by atoms with Crippen LogP contribution in [0.1, 0.15) is 67.7 Å². The third-order valence-electron chi connectivity index (χ3n) is 6.82. The summed E-state index contributed by atoms with van der Waals surface area (Å²) in [6, 6.07) is 11.9. The summed E-state index contributed by atoms with van der Waals surface area (Å²) in [5, 5.41) is 9.88. The number of thioether (sulfide) groups is 1. The molecule has 3 heterocycles. The van der Waals surface area contributed by atoms with Gasteiger partial charge in [0, 0.05) is 25.2 Å². The van der Waals surface area contributed by atoms with E-state index in [9.17, 15) is 14.9 Å². The quantitative estimate of drug-likeness (QED) is 0.349. The van der Waals surface area contributed by atoms with Crippen LogP contribution in [0.25, 0.3) is 6.08 Å². The van der Waals surface area contributed by atoms with Crippen molar-refractivity contribution in [2.45, 2.75) is 65.5 Å². The van der Waals surface area contributed by atoms with Crippen molar-refractivity contribution in [2.75, 3.05) is 18.0 Å². The van der Waals surface area contributed by atoms with Gasteiger partial charge in [-0.3, -0.25) is 19.1 Å². The second-order valence-electron chi connectivity index (χ2n) is 9.31. The lowest BCUT2D eigenvalue weighted by molar-refractivity contribution is -0.122. The highest BCUT2D eigenvalue weighted by atomic mass is 32.2. The van der Waals surface area contributed by atoms with Crippen LogP contribution in [0.5, 0.6) is 0 Å². The van der Waals surface area contributed by atoms with Crippen molar-refractivity contribution in [1.29, 1.82) is 5.26 Å². The number of aromatic nitrogens is 1. The first kappa shape index (κ1) is 26.2. The lowest BCUT2D eigenvalue weighted by atomic mass is 10.0. The Balaban J connectivity index is 1.83. The van der Waals surface area contributed by atoms with Gasteiger partial charge in [-0.1, -0.05) is 80.5 Å². The van der Waals surface area contributed by atoms with Crippen LogP contribution in [-0.2, 0) is 17.9 Å². The zero-order chi connectivity index (χ0) is 25.7. The van der Waals surface area contributed by atoms with E-state index in [1.165, 1.54) is 24.6 Å². The number of carbonyl (C=O) groups excluding carboxylic acids is 1. The molecule has 0 atom stereocenters. The van der Waals surface area contributed by atoms with E-state index >= 15 is 0 Å². The minimum Gasteiger partial charge on any atom is -0.357 e. The zero-order valence-corrected chi connectivity index (χ0v) is 22.6. The lowest BCUT2D eigenvalue weighted by Gasteiger charge is -2.29. The minimum absolute atomic E-state index is 0.139. The summed E-state index contributed by atoms with van der Waals surface area (Å²) < 4.78 is 2.29. The Morgan fingerprint density at radius 2 is 1.81 bits per heavy atom. The molecule has 0 aliphatic carbocycles. The Kier molecular flexibility index (Phi) is 8.65. The molecule has 2 aliphatic rings. The highest BCUT2D eigenvalue weighted by Crippen LogP contribution is 2.37. The van der Waals surface area contributed by atoms with E-state index in [2.05, 4.69) is 17.9 Å². The predicted molar refractivity (Wildman–Crippen MR) is 151 cm³/mol. The first-order valence-electron chi connectivity index (χ1n) is 12.7. The van der Waals surface area contributed by atoms with Crippen LogP contribution < -0.4 is 10.5 Å². The van der Waals surface area contributed by atoms with Crippen molar-refractivity contribution >= 4 is 46.1 Å². The fourth-order valence-electron chi connectivity index (χ4n) is 4.82. The van der Waals surface area contributed by atoms with Crippen molar-refractivity contribution in [1.82, 2.24) is 9.47 Å². The monoisotopic (exact) mass is 520 g/mol. The summed E-state index contributed by atoms with van der Waals surface area (Å²) >= 11 is 6.87. The van der Waals surface area contributed by atoms with Crippen LogP contribution in [0.2, 0.25) is 0 Å². The molecule has 0 unspecified atom stereocenters. The number of pyridine rings is 1. The van der Waals surface area contributed by atoms with E-state index in [1.54, 1.807) is 9.47 Å².